The SMILES string of the molecule is C[C@@]12OC(=O)O[C@@H]1[C@@H](CO[P@@]1(=O)OCC[C@@H](c3cccc(Cl)c3)O1)O[C@H]2N1CNc2nc(N)nc(OC[C@H]3CCCO3)c21. The third kappa shape index (κ3) is 5.48. The standard InChI is InChI=1S/C26H31ClN5O10P/c1-26-20(40-25(33)41-26)18(12-38-43(34)37-9-7-17(42-43)14-4-2-5-15(27)10-14)39-23(26)32-13-29-21-19(32)22(31-24(28)30-21)36-11-16-6-3-8-35-16/h2,4-5,10,16-18,20,23H,3,6-9,11-13H2,1H3,(H3,28,29,30,31)/t16-,17+,18-,20-,23-,26-,43-/m1/s1. The number of hydrogen-bond acceptors (Lipinski definition) is 15. The topological polar surface area (TPSA) is 175 Å². The van der Waals surface area contributed by atoms with Gasteiger partial charge in [-0.25, -0.2) is 9.36 Å². The fourth-order valence-corrected chi connectivity index (χ4v) is 7.59. The number of anilines is 3. The summed E-state index contributed by atoms with van der Waals surface area (Å²) in [6, 6.07) is 7.10. The molecule has 1 aromatic carbocycles. The molecule has 43 heavy (non-hydrogen) atoms. The van der Waals surface area contributed by atoms with E-state index < -0.39 is 44.1 Å². The van der Waals surface area contributed by atoms with Crippen LogP contribution >= 0.6 is 19.4 Å². The molecule has 3 N–H and O–H groups in total. The number of rotatable bonds is 8. The van der Waals surface area contributed by atoms with E-state index in [4.69, 9.17) is 54.6 Å². The number of nitrogens with one attached hydrogen (secondary N) is 1. The highest BCUT2D eigenvalue weighted by atomic mass is 35.5. The summed E-state index contributed by atoms with van der Waals surface area (Å²) in [7, 11) is -4.00. The summed E-state index contributed by atoms with van der Waals surface area (Å²) in [6.07, 6.45) is -1.84. The summed E-state index contributed by atoms with van der Waals surface area (Å²) in [4.78, 5) is 22.8. The van der Waals surface area contributed by atoms with Crippen molar-refractivity contribution in [3.05, 3.63) is 34.9 Å². The Balaban J connectivity index is 1.09. The van der Waals surface area contributed by atoms with Crippen LogP contribution in [0.1, 0.15) is 37.9 Å². The van der Waals surface area contributed by atoms with Crippen molar-refractivity contribution in [1.82, 2.24) is 9.97 Å². The van der Waals surface area contributed by atoms with Gasteiger partial charge in [0.15, 0.2) is 23.8 Å². The van der Waals surface area contributed by atoms with Crippen molar-refractivity contribution in [3.63, 3.8) is 0 Å². The first-order chi connectivity index (χ1) is 20.7. The summed E-state index contributed by atoms with van der Waals surface area (Å²) >= 11 is 6.13. The first kappa shape index (κ1) is 28.8. The van der Waals surface area contributed by atoms with E-state index in [-0.39, 0.29) is 44.4 Å². The summed E-state index contributed by atoms with van der Waals surface area (Å²) in [5.74, 6) is 0.697. The molecule has 5 aliphatic heterocycles. The number of phosphoric ester groups is 1. The van der Waals surface area contributed by atoms with Crippen LogP contribution in [0, 0.1) is 0 Å². The Hall–Kier alpha value is -2.91. The number of nitrogens with zero attached hydrogens (tertiary/aromatic N) is 3. The minimum atomic E-state index is -4.00. The maximum Gasteiger partial charge on any atom is 0.509 e. The number of halogens is 1. The van der Waals surface area contributed by atoms with Gasteiger partial charge in [-0.1, -0.05) is 23.7 Å². The van der Waals surface area contributed by atoms with Gasteiger partial charge in [-0.15, -0.1) is 0 Å². The molecular weight excluding hydrogens is 609 g/mol. The Kier molecular flexibility index (Phi) is 7.53. The highest BCUT2D eigenvalue weighted by Crippen LogP contribution is 2.58. The van der Waals surface area contributed by atoms with Gasteiger partial charge >= 0.3 is 14.0 Å². The molecule has 15 nitrogen and oxygen atoms in total. The highest BCUT2D eigenvalue weighted by molar-refractivity contribution is 7.48. The molecule has 1 aromatic heterocycles. The van der Waals surface area contributed by atoms with Gasteiger partial charge in [-0.3, -0.25) is 13.6 Å². The number of nitrogens with two attached hydrogens (primary N) is 1. The van der Waals surface area contributed by atoms with Gasteiger partial charge in [0.2, 0.25) is 11.8 Å². The van der Waals surface area contributed by atoms with Crippen LogP contribution in [0.25, 0.3) is 0 Å². The molecule has 0 amide bonds. The number of hydrogen-bond donors (Lipinski definition) is 2. The number of ether oxygens (including phenoxy) is 5. The molecule has 232 valence electrons. The fraction of sp³-hybridized carbons (Fsp3) is 0.577. The third-order valence-corrected chi connectivity index (χ3v) is 9.72. The molecule has 0 unspecified atom stereocenters. The van der Waals surface area contributed by atoms with Crippen LogP contribution in [0.3, 0.4) is 0 Å². The zero-order valence-electron chi connectivity index (χ0n) is 23.2. The summed E-state index contributed by atoms with van der Waals surface area (Å²) in [6.45, 7) is 2.75. The van der Waals surface area contributed by atoms with Gasteiger partial charge in [0.1, 0.15) is 18.4 Å². The predicted octanol–water partition coefficient (Wildman–Crippen LogP) is 3.78. The molecule has 0 aliphatic carbocycles. The van der Waals surface area contributed by atoms with E-state index in [2.05, 4.69) is 15.3 Å². The second-order valence-electron chi connectivity index (χ2n) is 11.0. The van der Waals surface area contributed by atoms with Gasteiger partial charge in [0.05, 0.1) is 32.1 Å². The van der Waals surface area contributed by atoms with Crippen LogP contribution in [0.2, 0.25) is 5.02 Å². The van der Waals surface area contributed by atoms with Crippen molar-refractivity contribution < 1.29 is 46.6 Å². The van der Waals surface area contributed by atoms with Gasteiger partial charge in [0.25, 0.3) is 0 Å². The normalized spacial score (nSPS) is 34.8. The molecule has 4 fully saturated rings. The van der Waals surface area contributed by atoms with Gasteiger partial charge < -0.3 is 39.6 Å². The third-order valence-electron chi connectivity index (χ3n) is 8.01. The number of phosphoric acid groups is 1. The average Bonchev–Trinajstić information content (AvgIpc) is 3.75. The number of aromatic nitrogens is 2. The lowest BCUT2D eigenvalue weighted by Gasteiger charge is -2.33. The van der Waals surface area contributed by atoms with E-state index in [9.17, 15) is 9.36 Å². The van der Waals surface area contributed by atoms with Gasteiger partial charge in [-0.2, -0.15) is 9.97 Å². The molecule has 6 heterocycles. The van der Waals surface area contributed by atoms with Crippen molar-refractivity contribution in [1.29, 1.82) is 0 Å². The first-order valence-corrected chi connectivity index (χ1v) is 15.9. The second-order valence-corrected chi connectivity index (χ2v) is 13.0. The van der Waals surface area contributed by atoms with Crippen molar-refractivity contribution in [2.75, 3.05) is 49.0 Å². The van der Waals surface area contributed by atoms with Crippen LogP contribution in [0.15, 0.2) is 24.3 Å². The highest BCUT2D eigenvalue weighted by Gasteiger charge is 2.66. The fourth-order valence-electron chi connectivity index (χ4n) is 6.00. The van der Waals surface area contributed by atoms with Crippen molar-refractivity contribution in [2.45, 2.75) is 62.4 Å². The Labute approximate surface area is 251 Å². The summed E-state index contributed by atoms with van der Waals surface area (Å²) in [5.41, 5.74) is 5.91. The second kappa shape index (κ2) is 11.2. The first-order valence-electron chi connectivity index (χ1n) is 14.0. The maximum atomic E-state index is 13.5. The minimum absolute atomic E-state index is 0.0297. The van der Waals surface area contributed by atoms with E-state index in [0.717, 1.165) is 18.4 Å². The van der Waals surface area contributed by atoms with Crippen LogP contribution in [0.5, 0.6) is 5.88 Å². The largest absolute Gasteiger partial charge is 0.509 e. The molecule has 0 spiro atoms. The molecule has 2 aromatic rings. The molecule has 7 rings (SSSR count). The van der Waals surface area contributed by atoms with Crippen LogP contribution < -0.4 is 20.7 Å². The zero-order chi connectivity index (χ0) is 29.8. The molecule has 0 saturated carbocycles. The predicted molar refractivity (Wildman–Crippen MR) is 150 cm³/mol. The number of benzene rings is 1. The monoisotopic (exact) mass is 639 g/mol. The average molecular weight is 640 g/mol. The Morgan fingerprint density at radius 1 is 1.26 bits per heavy atom. The number of carbonyl (C=O) groups excluding carboxylic acids is 1. The lowest BCUT2D eigenvalue weighted by molar-refractivity contribution is -0.0612. The van der Waals surface area contributed by atoms with Crippen molar-refractivity contribution in [2.24, 2.45) is 0 Å². The Morgan fingerprint density at radius 3 is 2.95 bits per heavy atom. The van der Waals surface area contributed by atoms with Crippen molar-refractivity contribution in [3.8, 4) is 5.88 Å². The summed E-state index contributed by atoms with van der Waals surface area (Å²) < 4.78 is 59.8. The zero-order valence-corrected chi connectivity index (χ0v) is 24.8. The van der Waals surface area contributed by atoms with Crippen molar-refractivity contribution >= 4 is 43.0 Å². The van der Waals surface area contributed by atoms with Crippen LogP contribution in [-0.2, 0) is 37.1 Å². The number of nitrogen functional groups attached to an aromatic ring is 1. The molecule has 5 aliphatic rings. The molecular formula is C26H31ClN5O10P. The quantitative estimate of drug-likeness (QED) is 0.315. The van der Waals surface area contributed by atoms with E-state index in [1.54, 1.807) is 30.0 Å². The Morgan fingerprint density at radius 2 is 2.14 bits per heavy atom. The lowest BCUT2D eigenvalue weighted by atomic mass is 9.96. The smallest absolute Gasteiger partial charge is 0.473 e. The molecule has 7 atom stereocenters. The molecule has 0 bridgehead atoms. The minimum Gasteiger partial charge on any atom is -0.473 e. The Bertz CT molecular complexity index is 1450. The van der Waals surface area contributed by atoms with Gasteiger partial charge in [-0.05, 0) is 37.5 Å². The van der Waals surface area contributed by atoms with Gasteiger partial charge in [0, 0.05) is 18.1 Å². The molecule has 0 radical (unpaired) electrons. The summed E-state index contributed by atoms with van der Waals surface area (Å²) in [5, 5.41) is 3.70. The van der Waals surface area contributed by atoms with E-state index >= 15 is 0 Å². The van der Waals surface area contributed by atoms with E-state index in [1.807, 2.05) is 6.07 Å². The molecule has 17 heteroatoms. The van der Waals surface area contributed by atoms with E-state index in [0.29, 0.717) is 29.6 Å². The lowest BCUT2D eigenvalue weighted by Crippen LogP contribution is -2.52. The maximum absolute atomic E-state index is 13.5. The van der Waals surface area contributed by atoms with Crippen LogP contribution in [-0.4, -0.2) is 79.4 Å². The molecule has 4 saturated heterocycles. The number of fused-ring (bicyclic) bond motifs is 2. The number of carbonyl (C=O) groups is 1. The van der Waals surface area contributed by atoms with E-state index in [1.165, 1.54) is 0 Å². The van der Waals surface area contributed by atoms with Crippen LogP contribution in [0.4, 0.5) is 22.2 Å².